The predicted octanol–water partition coefficient (Wildman–Crippen LogP) is 5.63. The van der Waals surface area contributed by atoms with Gasteiger partial charge in [-0.25, -0.2) is 4.98 Å². The molecular weight excluding hydrogens is 422 g/mol. The Morgan fingerprint density at radius 1 is 0.971 bits per heavy atom. The van der Waals surface area contributed by atoms with Gasteiger partial charge < -0.3 is 4.90 Å². The van der Waals surface area contributed by atoms with Gasteiger partial charge in [-0.15, -0.1) is 0 Å². The highest BCUT2D eigenvalue weighted by atomic mass is 16.2. The molecule has 1 unspecified atom stereocenters. The molecule has 3 aromatic carbocycles. The highest BCUT2D eigenvalue weighted by Gasteiger charge is 2.26. The zero-order valence-corrected chi connectivity index (χ0v) is 20.1. The van der Waals surface area contributed by atoms with Crippen LogP contribution >= 0.6 is 0 Å². The number of benzene rings is 3. The van der Waals surface area contributed by atoms with E-state index >= 15 is 0 Å². The van der Waals surface area contributed by atoms with E-state index in [9.17, 15) is 9.59 Å². The first kappa shape index (κ1) is 23.4. The third-order valence-electron chi connectivity index (χ3n) is 6.19. The summed E-state index contributed by atoms with van der Waals surface area (Å²) in [7, 11) is 0. The van der Waals surface area contributed by atoms with Gasteiger partial charge in [-0.3, -0.25) is 14.2 Å². The summed E-state index contributed by atoms with van der Waals surface area (Å²) in [6.45, 7) is 6.65. The second kappa shape index (κ2) is 10.5. The van der Waals surface area contributed by atoms with Crippen LogP contribution in [0.1, 0.15) is 49.7 Å². The maximum atomic E-state index is 13.6. The molecule has 0 bridgehead atoms. The number of para-hydroxylation sites is 1. The van der Waals surface area contributed by atoms with Gasteiger partial charge in [0.2, 0.25) is 5.91 Å². The smallest absolute Gasteiger partial charge is 0.266 e. The summed E-state index contributed by atoms with van der Waals surface area (Å²) in [5.41, 5.74) is 3.53. The lowest BCUT2D eigenvalue weighted by Gasteiger charge is -2.30. The molecule has 1 heterocycles. The van der Waals surface area contributed by atoms with Gasteiger partial charge in [-0.1, -0.05) is 67.1 Å². The van der Waals surface area contributed by atoms with Crippen molar-refractivity contribution in [3.8, 4) is 5.69 Å². The number of aromatic nitrogens is 2. The number of amides is 1. The summed E-state index contributed by atoms with van der Waals surface area (Å²) >= 11 is 0. The SMILES string of the molecule is CCCN(C(=O)CCc1ccccc1)C(C)c1nc2ccccc2c(=O)n1-c1ccc(C)cc1. The largest absolute Gasteiger partial charge is 0.333 e. The lowest BCUT2D eigenvalue weighted by molar-refractivity contribution is -0.133. The molecular formula is C29H31N3O2. The normalized spacial score (nSPS) is 12.0. The molecule has 4 rings (SSSR count). The summed E-state index contributed by atoms with van der Waals surface area (Å²) in [5.74, 6) is 0.644. The van der Waals surface area contributed by atoms with Gasteiger partial charge in [-0.05, 0) is 56.5 Å². The topological polar surface area (TPSA) is 55.2 Å². The van der Waals surface area contributed by atoms with Crippen molar-refractivity contribution in [2.45, 2.75) is 46.1 Å². The number of hydrogen-bond acceptors (Lipinski definition) is 3. The Labute approximate surface area is 200 Å². The molecule has 0 N–H and O–H groups in total. The number of nitrogens with zero attached hydrogens (tertiary/aromatic N) is 3. The second-order valence-electron chi connectivity index (χ2n) is 8.71. The minimum Gasteiger partial charge on any atom is -0.333 e. The molecule has 0 aliphatic carbocycles. The molecule has 4 aromatic rings. The van der Waals surface area contributed by atoms with Crippen LogP contribution in [0.15, 0.2) is 83.7 Å². The number of rotatable bonds is 8. The third kappa shape index (κ3) is 4.93. The lowest BCUT2D eigenvalue weighted by atomic mass is 10.1. The van der Waals surface area contributed by atoms with Crippen molar-refractivity contribution in [1.29, 1.82) is 0 Å². The highest BCUT2D eigenvalue weighted by molar-refractivity contribution is 5.79. The average Bonchev–Trinajstić information content (AvgIpc) is 2.87. The summed E-state index contributed by atoms with van der Waals surface area (Å²) in [5, 5.41) is 0.566. The van der Waals surface area contributed by atoms with Gasteiger partial charge in [0.15, 0.2) is 0 Å². The fourth-order valence-electron chi connectivity index (χ4n) is 4.33. The van der Waals surface area contributed by atoms with Gasteiger partial charge in [0.05, 0.1) is 22.6 Å². The minimum atomic E-state index is -0.359. The van der Waals surface area contributed by atoms with Crippen molar-refractivity contribution < 1.29 is 4.79 Å². The predicted molar refractivity (Wildman–Crippen MR) is 137 cm³/mol. The number of aryl methyl sites for hydroxylation is 2. The van der Waals surface area contributed by atoms with Crippen LogP contribution in [-0.4, -0.2) is 26.9 Å². The van der Waals surface area contributed by atoms with Gasteiger partial charge in [0, 0.05) is 13.0 Å². The molecule has 174 valence electrons. The maximum Gasteiger partial charge on any atom is 0.266 e. The first-order valence-corrected chi connectivity index (χ1v) is 11.9. The Bertz CT molecular complexity index is 1330. The molecule has 1 aromatic heterocycles. The van der Waals surface area contributed by atoms with Crippen LogP contribution in [-0.2, 0) is 11.2 Å². The van der Waals surface area contributed by atoms with E-state index in [1.807, 2.05) is 91.5 Å². The number of fused-ring (bicyclic) bond motifs is 1. The van der Waals surface area contributed by atoms with Crippen LogP contribution in [0.3, 0.4) is 0 Å². The standard InChI is InChI=1S/C29H31N3O2/c1-4-20-31(27(33)19-16-23-10-6-5-7-11-23)22(3)28-30-26-13-9-8-12-25(26)29(34)32(28)24-17-14-21(2)15-18-24/h5-15,17-18,22H,4,16,19-20H2,1-3H3. The summed E-state index contributed by atoms with van der Waals surface area (Å²) < 4.78 is 1.67. The molecule has 0 spiro atoms. The Morgan fingerprint density at radius 3 is 2.35 bits per heavy atom. The van der Waals surface area contributed by atoms with Crippen LogP contribution < -0.4 is 5.56 Å². The van der Waals surface area contributed by atoms with Gasteiger partial charge in [-0.2, -0.15) is 0 Å². The second-order valence-corrected chi connectivity index (χ2v) is 8.71. The van der Waals surface area contributed by atoms with E-state index < -0.39 is 0 Å². The van der Waals surface area contributed by atoms with Crippen LogP contribution in [0.4, 0.5) is 0 Å². The molecule has 5 heteroatoms. The Kier molecular flexibility index (Phi) is 7.21. The maximum absolute atomic E-state index is 13.6. The van der Waals surface area contributed by atoms with Crippen LogP contribution in [0, 0.1) is 6.92 Å². The monoisotopic (exact) mass is 453 g/mol. The van der Waals surface area contributed by atoms with Gasteiger partial charge in [0.25, 0.3) is 5.56 Å². The zero-order chi connectivity index (χ0) is 24.1. The molecule has 0 saturated carbocycles. The van der Waals surface area contributed by atoms with Crippen LogP contribution in [0.2, 0.25) is 0 Å². The van der Waals surface area contributed by atoms with Crippen molar-refractivity contribution in [1.82, 2.24) is 14.5 Å². The Morgan fingerprint density at radius 2 is 1.65 bits per heavy atom. The Balaban J connectivity index is 1.76. The minimum absolute atomic E-state index is 0.0658. The van der Waals surface area contributed by atoms with E-state index in [4.69, 9.17) is 4.98 Å². The fraction of sp³-hybridized carbons (Fsp3) is 0.276. The third-order valence-corrected chi connectivity index (χ3v) is 6.19. The molecule has 1 atom stereocenters. The summed E-state index contributed by atoms with van der Waals surface area (Å²) in [4.78, 5) is 33.8. The summed E-state index contributed by atoms with van der Waals surface area (Å²) in [6, 6.07) is 24.9. The molecule has 0 radical (unpaired) electrons. The van der Waals surface area contributed by atoms with E-state index in [2.05, 4.69) is 6.92 Å². The zero-order valence-electron chi connectivity index (χ0n) is 20.1. The molecule has 34 heavy (non-hydrogen) atoms. The van der Waals surface area contributed by atoms with Crippen LogP contribution in [0.5, 0.6) is 0 Å². The molecule has 0 aliphatic rings. The van der Waals surface area contributed by atoms with Gasteiger partial charge >= 0.3 is 0 Å². The van der Waals surface area contributed by atoms with Crippen molar-refractivity contribution >= 4 is 16.8 Å². The molecule has 0 saturated heterocycles. The molecule has 0 fully saturated rings. The molecule has 5 nitrogen and oxygen atoms in total. The fourth-order valence-corrected chi connectivity index (χ4v) is 4.33. The van der Waals surface area contributed by atoms with Crippen molar-refractivity contribution in [2.75, 3.05) is 6.54 Å². The van der Waals surface area contributed by atoms with E-state index in [1.54, 1.807) is 10.6 Å². The number of hydrogen-bond donors (Lipinski definition) is 0. The van der Waals surface area contributed by atoms with E-state index in [1.165, 1.54) is 0 Å². The van der Waals surface area contributed by atoms with Crippen molar-refractivity contribution in [3.63, 3.8) is 0 Å². The lowest BCUT2D eigenvalue weighted by Crippen LogP contribution is -2.38. The van der Waals surface area contributed by atoms with Gasteiger partial charge in [0.1, 0.15) is 5.82 Å². The molecule has 1 amide bonds. The number of carbonyl (C=O) groups excluding carboxylic acids is 1. The van der Waals surface area contributed by atoms with E-state index in [0.717, 1.165) is 23.2 Å². The number of carbonyl (C=O) groups is 1. The molecule has 0 aliphatic heterocycles. The average molecular weight is 454 g/mol. The van der Waals surface area contributed by atoms with E-state index in [-0.39, 0.29) is 17.5 Å². The summed E-state index contributed by atoms with van der Waals surface area (Å²) in [6.07, 6.45) is 1.92. The highest BCUT2D eigenvalue weighted by Crippen LogP contribution is 2.24. The first-order valence-electron chi connectivity index (χ1n) is 11.9. The first-order chi connectivity index (χ1) is 16.5. The van der Waals surface area contributed by atoms with E-state index in [0.29, 0.717) is 36.1 Å². The van der Waals surface area contributed by atoms with Crippen molar-refractivity contribution in [3.05, 3.63) is 106 Å². The van der Waals surface area contributed by atoms with Crippen LogP contribution in [0.25, 0.3) is 16.6 Å². The van der Waals surface area contributed by atoms with Crippen molar-refractivity contribution in [2.24, 2.45) is 0 Å². The quantitative estimate of drug-likeness (QED) is 0.348. The Hall–Kier alpha value is -3.73.